The van der Waals surface area contributed by atoms with Gasteiger partial charge in [-0.15, -0.1) is 0 Å². The van der Waals surface area contributed by atoms with Crippen LogP contribution in [0.5, 0.6) is 46.0 Å². The number of nitrogens with zero attached hydrogens (tertiary/aromatic N) is 2. The van der Waals surface area contributed by atoms with Gasteiger partial charge in [-0.3, -0.25) is 9.80 Å². The Bertz CT molecular complexity index is 2110. The predicted molar refractivity (Wildman–Crippen MR) is 195 cm³/mol. The molecular weight excluding hydrogens is 660 g/mol. The predicted octanol–water partition coefficient (Wildman–Crippen LogP) is 7.97. The van der Waals surface area contributed by atoms with Crippen molar-refractivity contribution in [2.24, 2.45) is 0 Å². The van der Waals surface area contributed by atoms with E-state index >= 15 is 0 Å². The van der Waals surface area contributed by atoms with Gasteiger partial charge in [0.1, 0.15) is 5.75 Å². The van der Waals surface area contributed by atoms with Crippen LogP contribution in [-0.4, -0.2) is 64.3 Å². The van der Waals surface area contributed by atoms with Crippen LogP contribution in [0.15, 0.2) is 83.5 Å². The van der Waals surface area contributed by atoms with Gasteiger partial charge < -0.3 is 32.8 Å². The molecule has 1 aromatic heterocycles. The molecule has 6 bridgehead atoms. The van der Waals surface area contributed by atoms with E-state index in [1.807, 2.05) is 24.3 Å². The second-order valence-corrected chi connectivity index (χ2v) is 13.6. The van der Waals surface area contributed by atoms with Crippen LogP contribution in [0.4, 0.5) is 0 Å². The molecule has 0 saturated carbocycles. The van der Waals surface area contributed by atoms with Crippen molar-refractivity contribution < 1.29 is 37.6 Å². The average molecular weight is 703 g/mol. The molecule has 0 saturated heterocycles. The Morgan fingerprint density at radius 2 is 1.40 bits per heavy atom. The molecule has 2 atom stereocenters. The molecular formula is C42H42N2O8. The Morgan fingerprint density at radius 1 is 0.712 bits per heavy atom. The van der Waals surface area contributed by atoms with Crippen molar-refractivity contribution in [3.63, 3.8) is 0 Å². The molecule has 0 aliphatic carbocycles. The number of likely N-dealkylation sites (N-methyl/N-ethyl adjacent to an activating group) is 2. The van der Waals surface area contributed by atoms with Crippen LogP contribution in [0.2, 0.25) is 0 Å². The first-order valence-corrected chi connectivity index (χ1v) is 17.6. The van der Waals surface area contributed by atoms with E-state index in [-0.39, 0.29) is 17.8 Å². The summed E-state index contributed by atoms with van der Waals surface area (Å²) in [5, 5.41) is 0. The first-order valence-electron chi connectivity index (χ1n) is 17.6. The van der Waals surface area contributed by atoms with Crippen LogP contribution in [-0.2, 0) is 25.7 Å². The zero-order valence-corrected chi connectivity index (χ0v) is 30.1. The fourth-order valence-electron chi connectivity index (χ4n) is 7.74. The number of methoxy groups -OCH3 is 3. The summed E-state index contributed by atoms with van der Waals surface area (Å²) in [5.74, 6) is 3.87. The first kappa shape index (κ1) is 33.7. The Labute approximate surface area is 303 Å². The summed E-state index contributed by atoms with van der Waals surface area (Å²) in [6.45, 7) is 1.75. The van der Waals surface area contributed by atoms with Gasteiger partial charge in [0.05, 0.1) is 27.6 Å². The molecule has 5 aromatic rings. The van der Waals surface area contributed by atoms with Crippen molar-refractivity contribution in [3.8, 4) is 46.0 Å². The molecule has 5 heterocycles. The average Bonchev–Trinajstić information content (AvgIpc) is 3.70. The molecule has 0 N–H and O–H groups in total. The minimum absolute atomic E-state index is 0.104. The molecule has 0 amide bonds. The van der Waals surface area contributed by atoms with Crippen LogP contribution in [0, 0.1) is 0 Å². The number of furan rings is 1. The van der Waals surface area contributed by atoms with E-state index in [9.17, 15) is 4.79 Å². The van der Waals surface area contributed by atoms with Crippen LogP contribution in [0.25, 0.3) is 0 Å². The number of ether oxygens (including phenoxy) is 6. The zero-order chi connectivity index (χ0) is 35.9. The highest BCUT2D eigenvalue weighted by Gasteiger charge is 2.35. The van der Waals surface area contributed by atoms with E-state index in [0.29, 0.717) is 52.4 Å². The molecule has 0 fully saturated rings. The van der Waals surface area contributed by atoms with E-state index in [4.69, 9.17) is 32.8 Å². The van der Waals surface area contributed by atoms with Gasteiger partial charge in [-0.25, -0.2) is 4.79 Å². The minimum Gasteiger partial charge on any atom is -0.493 e. The molecule has 0 unspecified atom stereocenters. The van der Waals surface area contributed by atoms with Crippen molar-refractivity contribution in [2.75, 3.05) is 48.5 Å². The van der Waals surface area contributed by atoms with Crippen LogP contribution in [0.1, 0.15) is 56.0 Å². The topological polar surface area (TPSA) is 92.1 Å². The van der Waals surface area contributed by atoms with Crippen molar-refractivity contribution in [3.05, 3.63) is 118 Å². The summed E-state index contributed by atoms with van der Waals surface area (Å²) in [7, 11) is 9.27. The van der Waals surface area contributed by atoms with Gasteiger partial charge in [-0.1, -0.05) is 18.2 Å². The Hall–Kier alpha value is -5.45. The highest BCUT2D eigenvalue weighted by atomic mass is 16.6. The van der Waals surface area contributed by atoms with Crippen molar-refractivity contribution in [1.29, 1.82) is 0 Å². The van der Waals surface area contributed by atoms with E-state index in [1.165, 1.54) is 17.4 Å². The van der Waals surface area contributed by atoms with Gasteiger partial charge in [0.15, 0.2) is 34.5 Å². The van der Waals surface area contributed by atoms with Crippen molar-refractivity contribution in [1.82, 2.24) is 9.80 Å². The zero-order valence-electron chi connectivity index (χ0n) is 30.1. The summed E-state index contributed by atoms with van der Waals surface area (Å²) in [4.78, 5) is 17.7. The highest BCUT2D eigenvalue weighted by molar-refractivity contribution is 5.88. The Balaban J connectivity index is 1.31. The number of fused-ring (bicyclic) bond motifs is 2. The fraction of sp³-hybridized carbons (Fsp3) is 0.310. The first-order chi connectivity index (χ1) is 25.3. The lowest BCUT2D eigenvalue weighted by atomic mass is 9.87. The largest absolute Gasteiger partial charge is 0.493 e. The smallest absolute Gasteiger partial charge is 0.379 e. The standard InChI is InChI=1S/C42H42N2O8/c1-43-16-14-27-22-35(46-3)37-24-30(27)31(43)19-25-8-11-29(12-9-25)50-36-21-26(10-13-33(36)52-42(45)34-7-6-18-49-34)20-32-39-28(15-17-44(32)2)23-38(47-4)40(48-5)41(39)51-37/h6-13,18,21-24,31-32H,14-17,19-20H2,1-5H3/t31-,32+/m0/s1. The molecule has 0 radical (unpaired) electrons. The Kier molecular flexibility index (Phi) is 9.02. The second-order valence-electron chi connectivity index (χ2n) is 13.6. The summed E-state index contributed by atoms with van der Waals surface area (Å²) in [6.07, 6.45) is 4.53. The lowest BCUT2D eigenvalue weighted by Crippen LogP contribution is -2.34. The molecule has 9 rings (SSSR count). The van der Waals surface area contributed by atoms with E-state index < -0.39 is 5.97 Å². The minimum atomic E-state index is -0.606. The maximum Gasteiger partial charge on any atom is 0.379 e. The van der Waals surface area contributed by atoms with E-state index in [1.54, 1.807) is 39.5 Å². The van der Waals surface area contributed by atoms with Gasteiger partial charge in [-0.2, -0.15) is 0 Å². The summed E-state index contributed by atoms with van der Waals surface area (Å²) in [5.41, 5.74) is 6.73. The SMILES string of the molecule is COc1cc2c3cc1Oc1c(OC)c(OC)cc4c1[C@@H](Cc1ccc(OC(=O)c5ccco5)c(c1)Oc1ccc(cc1)C[C@@H]3N(C)CC2)N(C)CC4. The summed E-state index contributed by atoms with van der Waals surface area (Å²) < 4.78 is 42.6. The van der Waals surface area contributed by atoms with Crippen LogP contribution >= 0.6 is 0 Å². The molecule has 0 spiro atoms. The number of esters is 1. The van der Waals surface area contributed by atoms with Crippen LogP contribution < -0.4 is 28.4 Å². The van der Waals surface area contributed by atoms with Crippen molar-refractivity contribution in [2.45, 2.75) is 37.8 Å². The normalized spacial score (nSPS) is 18.2. The van der Waals surface area contributed by atoms with E-state index in [2.05, 4.69) is 54.2 Å². The second kappa shape index (κ2) is 13.9. The number of hydrogen-bond donors (Lipinski definition) is 0. The van der Waals surface area contributed by atoms with Gasteiger partial charge in [0.25, 0.3) is 0 Å². The lowest BCUT2D eigenvalue weighted by molar-refractivity contribution is 0.0697. The summed E-state index contributed by atoms with van der Waals surface area (Å²) >= 11 is 0. The monoisotopic (exact) mass is 702 g/mol. The lowest BCUT2D eigenvalue weighted by Gasteiger charge is -2.37. The maximum atomic E-state index is 13.0. The van der Waals surface area contributed by atoms with Crippen LogP contribution in [0.3, 0.4) is 0 Å². The molecule has 268 valence electrons. The maximum absolute atomic E-state index is 13.0. The Morgan fingerprint density at radius 3 is 2.13 bits per heavy atom. The molecule has 4 aliphatic rings. The third kappa shape index (κ3) is 6.22. The third-order valence-corrected chi connectivity index (χ3v) is 10.6. The molecule has 4 aliphatic heterocycles. The number of hydrogen-bond acceptors (Lipinski definition) is 10. The molecule has 10 nitrogen and oxygen atoms in total. The number of carbonyl (C=O) groups excluding carboxylic acids is 1. The highest BCUT2D eigenvalue weighted by Crippen LogP contribution is 2.52. The third-order valence-electron chi connectivity index (χ3n) is 10.6. The number of benzene rings is 4. The van der Waals surface area contributed by atoms with Gasteiger partial charge in [0, 0.05) is 30.7 Å². The molecule has 4 aromatic carbocycles. The van der Waals surface area contributed by atoms with Gasteiger partial charge >= 0.3 is 5.97 Å². The summed E-state index contributed by atoms with van der Waals surface area (Å²) in [6, 6.07) is 23.4. The quantitative estimate of drug-likeness (QED) is 0.133. The van der Waals surface area contributed by atoms with Gasteiger partial charge in [0.2, 0.25) is 11.5 Å². The molecule has 10 heteroatoms. The fourth-order valence-corrected chi connectivity index (χ4v) is 7.74. The van der Waals surface area contributed by atoms with Gasteiger partial charge in [-0.05, 0) is 122 Å². The van der Waals surface area contributed by atoms with E-state index in [0.717, 1.165) is 54.6 Å². The number of carbonyl (C=O) groups is 1. The van der Waals surface area contributed by atoms with Crippen molar-refractivity contribution >= 4 is 5.97 Å². The molecule has 52 heavy (non-hydrogen) atoms. The number of rotatable bonds is 5.